The van der Waals surface area contributed by atoms with E-state index in [1.165, 1.54) is 0 Å². The van der Waals surface area contributed by atoms with E-state index in [2.05, 4.69) is 10.2 Å². The summed E-state index contributed by atoms with van der Waals surface area (Å²) in [6.07, 6.45) is 0.309. The predicted molar refractivity (Wildman–Crippen MR) is 81.5 cm³/mol. The molecule has 0 spiro atoms. The van der Waals surface area contributed by atoms with Gasteiger partial charge in [0.15, 0.2) is 0 Å². The molecule has 0 aromatic carbocycles. The van der Waals surface area contributed by atoms with Crippen LogP contribution < -0.4 is 10.9 Å². The quantitative estimate of drug-likeness (QED) is 0.907. The summed E-state index contributed by atoms with van der Waals surface area (Å²) in [6.45, 7) is 1.56. The number of hydrogen-bond donors (Lipinski definition) is 1. The molecule has 3 rings (SSSR count). The number of rotatable bonds is 3. The van der Waals surface area contributed by atoms with Gasteiger partial charge in [0.2, 0.25) is 5.91 Å². The lowest BCUT2D eigenvalue weighted by molar-refractivity contribution is -0.138. The van der Waals surface area contributed by atoms with Crippen molar-refractivity contribution in [3.63, 3.8) is 0 Å². The molecule has 0 unspecified atom stereocenters. The number of carbonyl (C=O) groups excluding carboxylic acids is 1. The van der Waals surface area contributed by atoms with E-state index in [0.29, 0.717) is 12.2 Å². The number of nitrogens with zero attached hydrogens (tertiary/aromatic N) is 2. The Bertz CT molecular complexity index is 671. The molecule has 2 aliphatic rings. The molecule has 1 N–H and O–H groups in total. The molecule has 0 radical (unpaired) electrons. The van der Waals surface area contributed by atoms with Gasteiger partial charge in [0, 0.05) is 30.9 Å². The van der Waals surface area contributed by atoms with Crippen molar-refractivity contribution in [2.75, 3.05) is 13.1 Å². The third-order valence-electron chi connectivity index (χ3n) is 4.83. The number of fused-ring (bicyclic) bond motifs is 1. The fraction of sp³-hybridized carbons (Fsp3) is 0.625. The van der Waals surface area contributed by atoms with Gasteiger partial charge in [-0.25, -0.2) is 0 Å². The number of amides is 1. The Morgan fingerprint density at radius 1 is 1.21 bits per heavy atom. The lowest BCUT2D eigenvalue weighted by atomic mass is 9.99. The molecule has 0 saturated carbocycles. The fourth-order valence-corrected chi connectivity index (χ4v) is 3.65. The van der Waals surface area contributed by atoms with Crippen LogP contribution >= 0.6 is 0 Å². The summed E-state index contributed by atoms with van der Waals surface area (Å²) in [5, 5.41) is 2.89. The van der Waals surface area contributed by atoms with Crippen LogP contribution in [0.2, 0.25) is 0 Å². The number of nitrogens with one attached hydrogen (secondary N) is 1. The highest BCUT2D eigenvalue weighted by molar-refractivity contribution is 5.76. The van der Waals surface area contributed by atoms with Gasteiger partial charge >= 0.3 is 6.18 Å². The molecule has 2 atom stereocenters. The van der Waals surface area contributed by atoms with Crippen molar-refractivity contribution in [1.29, 1.82) is 0 Å². The van der Waals surface area contributed by atoms with Crippen molar-refractivity contribution in [1.82, 2.24) is 14.8 Å². The van der Waals surface area contributed by atoms with Gasteiger partial charge in [0.05, 0.1) is 5.56 Å². The largest absolute Gasteiger partial charge is 0.417 e. The molecule has 2 fully saturated rings. The summed E-state index contributed by atoms with van der Waals surface area (Å²) in [5.41, 5.74) is -1.56. The van der Waals surface area contributed by atoms with Gasteiger partial charge in [-0.15, -0.1) is 0 Å². The van der Waals surface area contributed by atoms with Crippen LogP contribution in [0, 0.1) is 0 Å². The first-order valence-corrected chi connectivity index (χ1v) is 8.16. The summed E-state index contributed by atoms with van der Waals surface area (Å²) < 4.78 is 39.0. The number of hydrogen-bond acceptors (Lipinski definition) is 3. The van der Waals surface area contributed by atoms with Crippen molar-refractivity contribution in [3.05, 3.63) is 34.2 Å². The number of halogens is 3. The van der Waals surface area contributed by atoms with Gasteiger partial charge in [-0.3, -0.25) is 14.5 Å². The van der Waals surface area contributed by atoms with Gasteiger partial charge in [-0.1, -0.05) is 6.42 Å². The molecular formula is C16H20F3N3O2. The third-order valence-corrected chi connectivity index (χ3v) is 4.83. The lowest BCUT2D eigenvalue weighted by Crippen LogP contribution is -2.48. The summed E-state index contributed by atoms with van der Waals surface area (Å²) >= 11 is 0. The molecule has 5 nitrogen and oxygen atoms in total. The first-order valence-electron chi connectivity index (χ1n) is 8.16. The Hall–Kier alpha value is -1.83. The molecule has 1 aromatic heterocycles. The minimum atomic E-state index is -4.54. The average molecular weight is 343 g/mol. The average Bonchev–Trinajstić information content (AvgIpc) is 2.91. The highest BCUT2D eigenvalue weighted by Crippen LogP contribution is 2.28. The SMILES string of the molecule is O=C(Cn1cc(C(F)(F)F)ccc1=O)N[C@H]1CCN2CCCC[C@H]12. The minimum Gasteiger partial charge on any atom is -0.350 e. The number of alkyl halides is 3. The third kappa shape index (κ3) is 3.63. The summed E-state index contributed by atoms with van der Waals surface area (Å²) in [5.74, 6) is -0.422. The molecule has 1 amide bonds. The number of piperidine rings is 1. The zero-order chi connectivity index (χ0) is 17.3. The monoisotopic (exact) mass is 343 g/mol. The first kappa shape index (κ1) is 17.0. The van der Waals surface area contributed by atoms with Crippen LogP contribution in [0.5, 0.6) is 0 Å². The van der Waals surface area contributed by atoms with Gasteiger partial charge in [-0.2, -0.15) is 13.2 Å². The van der Waals surface area contributed by atoms with Gasteiger partial charge in [0.25, 0.3) is 5.56 Å². The second kappa shape index (κ2) is 6.58. The number of aromatic nitrogens is 1. The van der Waals surface area contributed by atoms with E-state index in [4.69, 9.17) is 0 Å². The van der Waals surface area contributed by atoms with E-state index in [1.807, 2.05) is 0 Å². The molecule has 0 aliphatic carbocycles. The zero-order valence-electron chi connectivity index (χ0n) is 13.2. The summed E-state index contributed by atoms with van der Waals surface area (Å²) in [6, 6.07) is 1.89. The molecule has 8 heteroatoms. The molecule has 24 heavy (non-hydrogen) atoms. The van der Waals surface area contributed by atoms with Crippen molar-refractivity contribution >= 4 is 5.91 Å². The van der Waals surface area contributed by atoms with Crippen molar-refractivity contribution in [2.24, 2.45) is 0 Å². The van der Waals surface area contributed by atoms with Crippen molar-refractivity contribution in [3.8, 4) is 0 Å². The highest BCUT2D eigenvalue weighted by atomic mass is 19.4. The van der Waals surface area contributed by atoms with Crippen LogP contribution in [0.1, 0.15) is 31.2 Å². The van der Waals surface area contributed by atoms with Crippen LogP contribution in [0.4, 0.5) is 13.2 Å². The van der Waals surface area contributed by atoms with Crippen LogP contribution in [-0.4, -0.2) is 40.5 Å². The van der Waals surface area contributed by atoms with E-state index in [9.17, 15) is 22.8 Å². The van der Waals surface area contributed by atoms with E-state index >= 15 is 0 Å². The van der Waals surface area contributed by atoms with Gasteiger partial charge < -0.3 is 9.88 Å². The van der Waals surface area contributed by atoms with E-state index in [0.717, 1.165) is 55.5 Å². The molecular weight excluding hydrogens is 323 g/mol. The van der Waals surface area contributed by atoms with E-state index in [-0.39, 0.29) is 6.04 Å². The lowest BCUT2D eigenvalue weighted by Gasteiger charge is -2.32. The molecule has 2 saturated heterocycles. The Balaban J connectivity index is 1.66. The van der Waals surface area contributed by atoms with E-state index < -0.39 is 29.8 Å². The molecule has 132 valence electrons. The van der Waals surface area contributed by atoms with Gasteiger partial charge in [-0.05, 0) is 31.9 Å². The van der Waals surface area contributed by atoms with Crippen LogP contribution in [-0.2, 0) is 17.5 Å². The Kier molecular flexibility index (Phi) is 4.67. The van der Waals surface area contributed by atoms with Gasteiger partial charge in [0.1, 0.15) is 6.54 Å². The maximum atomic E-state index is 12.7. The van der Waals surface area contributed by atoms with Crippen LogP contribution in [0.3, 0.4) is 0 Å². The zero-order valence-corrected chi connectivity index (χ0v) is 13.2. The Morgan fingerprint density at radius 3 is 2.75 bits per heavy atom. The maximum Gasteiger partial charge on any atom is 0.417 e. The summed E-state index contributed by atoms with van der Waals surface area (Å²) in [7, 11) is 0. The normalized spacial score (nSPS) is 24.6. The highest BCUT2D eigenvalue weighted by Gasteiger charge is 2.36. The van der Waals surface area contributed by atoms with Crippen LogP contribution in [0.25, 0.3) is 0 Å². The standard InChI is InChI=1S/C16H20F3N3O2/c17-16(18,19)11-4-5-15(24)22(9-11)10-14(23)20-12-6-8-21-7-2-1-3-13(12)21/h4-5,9,12-13H,1-3,6-8,10H2,(H,20,23)/t12-,13+/m0/s1. The van der Waals surface area contributed by atoms with Crippen molar-refractivity contribution in [2.45, 2.75) is 50.5 Å². The second-order valence-corrected chi connectivity index (χ2v) is 6.44. The number of carbonyl (C=O) groups is 1. The molecule has 1 aromatic rings. The summed E-state index contributed by atoms with van der Waals surface area (Å²) in [4.78, 5) is 26.2. The second-order valence-electron chi connectivity index (χ2n) is 6.44. The predicted octanol–water partition coefficient (Wildman–Crippen LogP) is 1.61. The Morgan fingerprint density at radius 2 is 2.00 bits per heavy atom. The number of pyridine rings is 1. The van der Waals surface area contributed by atoms with Crippen LogP contribution in [0.15, 0.2) is 23.1 Å². The first-order chi connectivity index (χ1) is 11.3. The molecule has 0 bridgehead atoms. The molecule has 2 aliphatic heterocycles. The molecule has 3 heterocycles. The smallest absolute Gasteiger partial charge is 0.350 e. The maximum absolute atomic E-state index is 12.7. The Labute approximate surface area is 137 Å². The van der Waals surface area contributed by atoms with E-state index in [1.54, 1.807) is 0 Å². The fourth-order valence-electron chi connectivity index (χ4n) is 3.65. The van der Waals surface area contributed by atoms with Crippen molar-refractivity contribution < 1.29 is 18.0 Å². The minimum absolute atomic E-state index is 0.0132. The topological polar surface area (TPSA) is 54.3 Å².